The molecule has 3 rings (SSSR count). The first-order valence-corrected chi connectivity index (χ1v) is 12.0. The summed E-state index contributed by atoms with van der Waals surface area (Å²) in [7, 11) is -2.33. The lowest BCUT2D eigenvalue weighted by Gasteiger charge is -2.17. The fourth-order valence-corrected chi connectivity index (χ4v) is 3.84. The number of hydrogen-bond acceptors (Lipinski definition) is 8. The van der Waals surface area contributed by atoms with E-state index < -0.39 is 15.6 Å². The van der Waals surface area contributed by atoms with Crippen molar-refractivity contribution >= 4 is 16.0 Å². The molecule has 2 N–H and O–H groups in total. The monoisotopic (exact) mass is 475 g/mol. The lowest BCUT2D eigenvalue weighted by molar-refractivity contribution is 0.0547. The van der Waals surface area contributed by atoms with Gasteiger partial charge in [-0.15, -0.1) is 0 Å². The summed E-state index contributed by atoms with van der Waals surface area (Å²) in [6.07, 6.45) is 2.98. The van der Waals surface area contributed by atoms with E-state index in [1.807, 2.05) is 31.2 Å². The molecule has 33 heavy (non-hydrogen) atoms. The molecule has 11 heteroatoms. The van der Waals surface area contributed by atoms with Crippen LogP contribution in [0.3, 0.4) is 0 Å². The predicted molar refractivity (Wildman–Crippen MR) is 123 cm³/mol. The van der Waals surface area contributed by atoms with Crippen LogP contribution in [0.4, 0.5) is 5.95 Å². The predicted octanol–water partition coefficient (Wildman–Crippen LogP) is 2.75. The molecule has 10 nitrogen and oxygen atoms in total. The Kier molecular flexibility index (Phi) is 7.67. The van der Waals surface area contributed by atoms with Gasteiger partial charge in [0.25, 0.3) is 10.0 Å². The summed E-state index contributed by atoms with van der Waals surface area (Å²) in [4.78, 5) is 8.64. The minimum Gasteiger partial charge on any atom is -0.477 e. The third-order valence-corrected chi connectivity index (χ3v) is 5.92. The van der Waals surface area contributed by atoms with Gasteiger partial charge in [0.2, 0.25) is 11.8 Å². The first-order valence-electron chi connectivity index (χ1n) is 10.5. The van der Waals surface area contributed by atoms with E-state index in [2.05, 4.69) is 19.8 Å². The molecule has 0 saturated heterocycles. The summed E-state index contributed by atoms with van der Waals surface area (Å²) in [5.41, 5.74) is 1.22. The Morgan fingerprint density at radius 2 is 1.97 bits per heavy atom. The molecule has 0 amide bonds. The fraction of sp³-hybridized carbons (Fsp3) is 0.409. The van der Waals surface area contributed by atoms with Crippen LogP contribution in [0.1, 0.15) is 32.8 Å². The number of aliphatic hydroxyl groups is 1. The normalized spacial score (nSPS) is 12.0. The number of aryl methyl sites for hydroxylation is 1. The lowest BCUT2D eigenvalue weighted by atomic mass is 10.0. The van der Waals surface area contributed by atoms with Gasteiger partial charge in [-0.25, -0.2) is 18.1 Å². The molecule has 0 fully saturated rings. The first kappa shape index (κ1) is 24.6. The molecular formula is C22H29N5O5S. The van der Waals surface area contributed by atoms with E-state index in [-0.39, 0.29) is 23.3 Å². The fourth-order valence-electron chi connectivity index (χ4n) is 2.91. The number of hydrogen-bond donors (Lipinski definition) is 2. The number of nitrogens with zero attached hydrogens (tertiary/aromatic N) is 4. The Hall–Kier alpha value is -3.02. The van der Waals surface area contributed by atoms with Crippen molar-refractivity contribution in [2.75, 3.05) is 17.9 Å². The molecular weight excluding hydrogens is 446 g/mol. The quantitative estimate of drug-likeness (QED) is 0.433. The van der Waals surface area contributed by atoms with Gasteiger partial charge in [0.1, 0.15) is 4.90 Å². The molecule has 0 radical (unpaired) electrons. The second kappa shape index (κ2) is 10.3. The van der Waals surface area contributed by atoms with Crippen LogP contribution in [-0.2, 0) is 28.4 Å². The number of nitrogens with one attached hydrogen (secondary N) is 1. The van der Waals surface area contributed by atoms with Gasteiger partial charge in [0.05, 0.1) is 30.7 Å². The van der Waals surface area contributed by atoms with Crippen molar-refractivity contribution in [1.82, 2.24) is 19.7 Å². The number of sulfonamides is 1. The largest absolute Gasteiger partial charge is 0.477 e. The van der Waals surface area contributed by atoms with Crippen LogP contribution in [-0.4, -0.2) is 52.1 Å². The molecule has 0 spiro atoms. The van der Waals surface area contributed by atoms with Gasteiger partial charge in [-0.05, 0) is 26.3 Å². The van der Waals surface area contributed by atoms with E-state index in [4.69, 9.17) is 9.47 Å². The van der Waals surface area contributed by atoms with Crippen LogP contribution in [0, 0.1) is 0 Å². The van der Waals surface area contributed by atoms with Crippen LogP contribution in [0.25, 0.3) is 11.3 Å². The van der Waals surface area contributed by atoms with Crippen molar-refractivity contribution in [2.45, 2.75) is 44.3 Å². The number of anilines is 1. The molecule has 178 valence electrons. The third-order valence-electron chi connectivity index (χ3n) is 4.64. The van der Waals surface area contributed by atoms with Crippen LogP contribution in [0.15, 0.2) is 47.6 Å². The second-order valence-electron chi connectivity index (χ2n) is 8.08. The number of aromatic nitrogens is 4. The molecule has 2 heterocycles. The number of ether oxygens (including phenoxy) is 2. The summed E-state index contributed by atoms with van der Waals surface area (Å²) >= 11 is 0. The average molecular weight is 476 g/mol. The zero-order chi connectivity index (χ0) is 24.1. The smallest absolute Gasteiger partial charge is 0.267 e. The van der Waals surface area contributed by atoms with Crippen molar-refractivity contribution < 1.29 is 23.0 Å². The highest BCUT2D eigenvalue weighted by Crippen LogP contribution is 2.27. The third kappa shape index (κ3) is 6.98. The second-order valence-corrected chi connectivity index (χ2v) is 9.76. The summed E-state index contributed by atoms with van der Waals surface area (Å²) in [5.74, 6) is 0.0418. The number of benzene rings is 1. The zero-order valence-corrected chi connectivity index (χ0v) is 20.0. The van der Waals surface area contributed by atoms with E-state index in [0.29, 0.717) is 25.3 Å². The van der Waals surface area contributed by atoms with Gasteiger partial charge in [0.15, 0.2) is 0 Å². The van der Waals surface area contributed by atoms with Crippen molar-refractivity contribution in [2.24, 2.45) is 7.05 Å². The maximum Gasteiger partial charge on any atom is 0.267 e. The van der Waals surface area contributed by atoms with Crippen LogP contribution in [0.5, 0.6) is 5.88 Å². The lowest BCUT2D eigenvalue weighted by Crippen LogP contribution is -2.22. The Morgan fingerprint density at radius 3 is 2.64 bits per heavy atom. The molecule has 2 aromatic heterocycles. The van der Waals surface area contributed by atoms with Crippen LogP contribution in [0.2, 0.25) is 0 Å². The highest BCUT2D eigenvalue weighted by molar-refractivity contribution is 7.92. The summed E-state index contributed by atoms with van der Waals surface area (Å²) in [6.45, 7) is 6.39. The molecule has 0 atom stereocenters. The summed E-state index contributed by atoms with van der Waals surface area (Å²) in [6, 6.07) is 9.18. The van der Waals surface area contributed by atoms with E-state index in [1.165, 1.54) is 17.1 Å². The highest BCUT2D eigenvalue weighted by atomic mass is 32.2. The first-order chi connectivity index (χ1) is 15.6. The molecule has 0 bridgehead atoms. The van der Waals surface area contributed by atoms with Gasteiger partial charge in [-0.1, -0.05) is 24.3 Å². The van der Waals surface area contributed by atoms with Crippen molar-refractivity contribution in [3.8, 4) is 17.1 Å². The standard InChI is InChI=1S/C22H29N5O5S/c1-5-31-15-16-8-6-7-9-18(16)19-12-20(32-11-10-22(2,3)28)25-21(24-19)26-33(29,30)17-13-23-27(4)14-17/h6-9,12-14,28H,5,10-11,15H2,1-4H3,(H,24,25,26). The molecule has 0 unspecified atom stereocenters. The highest BCUT2D eigenvalue weighted by Gasteiger charge is 2.20. The number of rotatable bonds is 11. The average Bonchev–Trinajstić information content (AvgIpc) is 3.18. The topological polar surface area (TPSA) is 128 Å². The Bertz CT molecular complexity index is 1190. The summed E-state index contributed by atoms with van der Waals surface area (Å²) in [5, 5.41) is 13.9. The SMILES string of the molecule is CCOCc1ccccc1-c1cc(OCCC(C)(C)O)nc(NS(=O)(=O)c2cnn(C)c2)n1. The summed E-state index contributed by atoms with van der Waals surface area (Å²) < 4.78 is 40.7. The van der Waals surface area contributed by atoms with Crippen LogP contribution < -0.4 is 9.46 Å². The van der Waals surface area contributed by atoms with Gasteiger partial charge in [0, 0.05) is 37.9 Å². The van der Waals surface area contributed by atoms with E-state index in [1.54, 1.807) is 27.0 Å². The Labute approximate surface area is 193 Å². The van der Waals surface area contributed by atoms with E-state index >= 15 is 0 Å². The maximum absolute atomic E-state index is 12.8. The van der Waals surface area contributed by atoms with Gasteiger partial charge < -0.3 is 14.6 Å². The minimum atomic E-state index is -3.95. The molecule has 0 aliphatic heterocycles. The minimum absolute atomic E-state index is 0.0137. The van der Waals surface area contributed by atoms with Gasteiger partial charge in [-0.2, -0.15) is 10.1 Å². The Balaban J connectivity index is 1.98. The van der Waals surface area contributed by atoms with Crippen molar-refractivity contribution in [3.63, 3.8) is 0 Å². The van der Waals surface area contributed by atoms with Gasteiger partial charge >= 0.3 is 0 Å². The van der Waals surface area contributed by atoms with Crippen LogP contribution >= 0.6 is 0 Å². The molecule has 1 aromatic carbocycles. The van der Waals surface area contributed by atoms with E-state index in [0.717, 1.165) is 11.1 Å². The maximum atomic E-state index is 12.8. The molecule has 3 aromatic rings. The Morgan fingerprint density at radius 1 is 1.21 bits per heavy atom. The van der Waals surface area contributed by atoms with Crippen molar-refractivity contribution in [1.29, 1.82) is 0 Å². The molecule has 0 saturated carbocycles. The van der Waals surface area contributed by atoms with Crippen molar-refractivity contribution in [3.05, 3.63) is 48.3 Å². The zero-order valence-electron chi connectivity index (χ0n) is 19.1. The van der Waals surface area contributed by atoms with Gasteiger partial charge in [-0.3, -0.25) is 4.68 Å². The molecule has 0 aliphatic rings. The van der Waals surface area contributed by atoms with E-state index in [9.17, 15) is 13.5 Å². The molecule has 0 aliphatic carbocycles.